The lowest BCUT2D eigenvalue weighted by molar-refractivity contribution is -0.150. The Morgan fingerprint density at radius 2 is 1.96 bits per heavy atom. The first-order valence-electron chi connectivity index (χ1n) is 9.14. The van der Waals surface area contributed by atoms with Crippen LogP contribution in [-0.2, 0) is 14.3 Å². The minimum atomic E-state index is -0.777. The van der Waals surface area contributed by atoms with Gasteiger partial charge < -0.3 is 19.0 Å². The summed E-state index contributed by atoms with van der Waals surface area (Å²) in [4.78, 5) is 52.1. The maximum absolute atomic E-state index is 13.0. The van der Waals surface area contributed by atoms with Gasteiger partial charge in [0.05, 0.1) is 7.11 Å². The molecule has 1 aliphatic carbocycles. The summed E-state index contributed by atoms with van der Waals surface area (Å²) in [6.45, 7) is 3.58. The summed E-state index contributed by atoms with van der Waals surface area (Å²) >= 11 is 0. The van der Waals surface area contributed by atoms with E-state index in [4.69, 9.17) is 4.42 Å². The van der Waals surface area contributed by atoms with E-state index in [0.717, 1.165) is 19.3 Å². The molecule has 2 amide bonds. The second-order valence-electron chi connectivity index (χ2n) is 7.13. The third kappa shape index (κ3) is 3.61. The molecule has 1 aromatic rings. The molecule has 0 radical (unpaired) electrons. The van der Waals surface area contributed by atoms with E-state index in [-0.39, 0.29) is 37.0 Å². The van der Waals surface area contributed by atoms with E-state index in [1.54, 1.807) is 19.9 Å². The van der Waals surface area contributed by atoms with E-state index in [1.807, 2.05) is 0 Å². The van der Waals surface area contributed by atoms with Gasteiger partial charge in [0.1, 0.15) is 23.9 Å². The first-order chi connectivity index (χ1) is 12.8. The van der Waals surface area contributed by atoms with Gasteiger partial charge in [-0.1, -0.05) is 6.42 Å². The highest BCUT2D eigenvalue weighted by atomic mass is 16.5. The van der Waals surface area contributed by atoms with E-state index in [2.05, 4.69) is 4.74 Å². The summed E-state index contributed by atoms with van der Waals surface area (Å²) in [5, 5.41) is 0. The van der Waals surface area contributed by atoms with Gasteiger partial charge in [0, 0.05) is 19.0 Å². The van der Waals surface area contributed by atoms with E-state index < -0.39 is 23.5 Å². The summed E-state index contributed by atoms with van der Waals surface area (Å²) in [7, 11) is 1.26. The quantitative estimate of drug-likeness (QED) is 0.729. The van der Waals surface area contributed by atoms with Crippen LogP contribution in [-0.4, -0.2) is 60.4 Å². The number of aryl methyl sites for hydroxylation is 1. The van der Waals surface area contributed by atoms with Crippen molar-refractivity contribution in [2.24, 2.45) is 0 Å². The Labute approximate surface area is 157 Å². The average molecular weight is 376 g/mol. The van der Waals surface area contributed by atoms with Gasteiger partial charge in [0.25, 0.3) is 5.91 Å². The van der Waals surface area contributed by atoms with Crippen molar-refractivity contribution in [1.82, 2.24) is 9.80 Å². The van der Waals surface area contributed by atoms with Crippen LogP contribution in [0.1, 0.15) is 53.8 Å². The van der Waals surface area contributed by atoms with Gasteiger partial charge in [-0.15, -0.1) is 0 Å². The molecular formula is C19H24N2O6. The molecule has 2 heterocycles. The molecule has 146 valence electrons. The molecule has 0 N–H and O–H groups in total. The molecule has 0 bridgehead atoms. The van der Waals surface area contributed by atoms with Crippen molar-refractivity contribution < 1.29 is 23.5 Å². The van der Waals surface area contributed by atoms with Crippen molar-refractivity contribution >= 4 is 17.8 Å². The number of esters is 1. The molecule has 1 saturated heterocycles. The number of hydrogen-bond donors (Lipinski definition) is 0. The number of carbonyl (C=O) groups is 3. The van der Waals surface area contributed by atoms with E-state index in [9.17, 15) is 19.2 Å². The molecule has 0 aromatic carbocycles. The van der Waals surface area contributed by atoms with Crippen LogP contribution in [0.15, 0.2) is 15.3 Å². The third-order valence-electron chi connectivity index (χ3n) is 5.45. The predicted octanol–water partition coefficient (Wildman–Crippen LogP) is 1.06. The number of nitrogens with zero attached hydrogens (tertiary/aromatic N) is 2. The minimum Gasteiger partial charge on any atom is -0.468 e. The Morgan fingerprint density at radius 1 is 1.26 bits per heavy atom. The van der Waals surface area contributed by atoms with Gasteiger partial charge in [-0.05, 0) is 38.3 Å². The lowest BCUT2D eigenvalue weighted by atomic mass is 9.83. The molecule has 0 spiro atoms. The standard InChI is InChI=1S/C19H24N2O6/c1-11-9-14(13-5-4-6-13)27-19(25)16(11)18(24)21-8-7-20(10-15(22)26-3)17(23)12(21)2/h9,12-13H,4-8,10H2,1-3H3. The predicted molar refractivity (Wildman–Crippen MR) is 95.4 cm³/mol. The van der Waals surface area contributed by atoms with Crippen molar-refractivity contribution in [3.05, 3.63) is 33.4 Å². The van der Waals surface area contributed by atoms with Crippen LogP contribution in [0.2, 0.25) is 0 Å². The van der Waals surface area contributed by atoms with Gasteiger partial charge in [0.2, 0.25) is 5.91 Å². The summed E-state index contributed by atoms with van der Waals surface area (Å²) < 4.78 is 9.98. The van der Waals surface area contributed by atoms with E-state index in [0.29, 0.717) is 11.3 Å². The van der Waals surface area contributed by atoms with Crippen molar-refractivity contribution in [3.63, 3.8) is 0 Å². The van der Waals surface area contributed by atoms with Gasteiger partial charge >= 0.3 is 11.6 Å². The maximum Gasteiger partial charge on any atom is 0.349 e. The van der Waals surface area contributed by atoms with Gasteiger partial charge in [-0.25, -0.2) is 4.79 Å². The van der Waals surface area contributed by atoms with Crippen LogP contribution in [0.3, 0.4) is 0 Å². The first kappa shape index (κ1) is 19.1. The summed E-state index contributed by atoms with van der Waals surface area (Å²) in [6.07, 6.45) is 3.09. The lowest BCUT2D eigenvalue weighted by Crippen LogP contribution is -2.58. The molecule has 1 saturated carbocycles. The minimum absolute atomic E-state index is 0.0286. The highest BCUT2D eigenvalue weighted by Gasteiger charge is 2.37. The molecule has 1 atom stereocenters. The Hall–Kier alpha value is -2.64. The normalized spacial score (nSPS) is 20.4. The second kappa shape index (κ2) is 7.54. The summed E-state index contributed by atoms with van der Waals surface area (Å²) in [6, 6.07) is 0.986. The van der Waals surface area contributed by atoms with Gasteiger partial charge in [-0.3, -0.25) is 14.4 Å². The van der Waals surface area contributed by atoms with Crippen LogP contribution < -0.4 is 5.63 Å². The number of carbonyl (C=O) groups excluding carboxylic acids is 3. The number of piperazine rings is 1. The van der Waals surface area contributed by atoms with E-state index >= 15 is 0 Å². The maximum atomic E-state index is 13.0. The number of methoxy groups -OCH3 is 1. The Balaban J connectivity index is 1.79. The van der Waals surface area contributed by atoms with Crippen molar-refractivity contribution in [2.75, 3.05) is 26.7 Å². The lowest BCUT2D eigenvalue weighted by Gasteiger charge is -2.38. The van der Waals surface area contributed by atoms with Crippen molar-refractivity contribution in [2.45, 2.75) is 45.1 Å². The Morgan fingerprint density at radius 3 is 2.52 bits per heavy atom. The van der Waals surface area contributed by atoms with Crippen molar-refractivity contribution in [1.29, 1.82) is 0 Å². The van der Waals surface area contributed by atoms with Crippen LogP contribution in [0.25, 0.3) is 0 Å². The number of ether oxygens (including phenoxy) is 1. The zero-order valence-electron chi connectivity index (χ0n) is 15.8. The Kier molecular flexibility index (Phi) is 5.34. The average Bonchev–Trinajstić information content (AvgIpc) is 2.56. The van der Waals surface area contributed by atoms with Crippen LogP contribution in [0.4, 0.5) is 0 Å². The number of amides is 2. The fourth-order valence-corrected chi connectivity index (χ4v) is 3.51. The summed E-state index contributed by atoms with van der Waals surface area (Å²) in [5.41, 5.74) is -0.118. The number of hydrogen-bond acceptors (Lipinski definition) is 6. The monoisotopic (exact) mass is 376 g/mol. The van der Waals surface area contributed by atoms with Crippen LogP contribution >= 0.6 is 0 Å². The zero-order chi connectivity index (χ0) is 19.7. The molecular weight excluding hydrogens is 352 g/mol. The van der Waals surface area contributed by atoms with Gasteiger partial charge in [-0.2, -0.15) is 0 Å². The molecule has 2 fully saturated rings. The SMILES string of the molecule is COC(=O)CN1CCN(C(=O)c2c(C)cc(C3CCC3)oc2=O)C(C)C1=O. The molecule has 8 nitrogen and oxygen atoms in total. The van der Waals surface area contributed by atoms with Gasteiger partial charge in [0.15, 0.2) is 0 Å². The molecule has 1 aliphatic heterocycles. The zero-order valence-corrected chi connectivity index (χ0v) is 15.8. The number of rotatable bonds is 4. The first-order valence-corrected chi connectivity index (χ1v) is 9.14. The molecule has 8 heteroatoms. The third-order valence-corrected chi connectivity index (χ3v) is 5.45. The fraction of sp³-hybridized carbons (Fsp3) is 0.579. The van der Waals surface area contributed by atoms with E-state index in [1.165, 1.54) is 16.9 Å². The van der Waals surface area contributed by atoms with Crippen LogP contribution in [0, 0.1) is 6.92 Å². The highest BCUT2D eigenvalue weighted by molar-refractivity contribution is 5.99. The molecule has 27 heavy (non-hydrogen) atoms. The molecule has 1 aromatic heterocycles. The smallest absolute Gasteiger partial charge is 0.349 e. The Bertz CT molecular complexity index is 826. The molecule has 3 rings (SSSR count). The second-order valence-corrected chi connectivity index (χ2v) is 7.13. The molecule has 2 aliphatic rings. The van der Waals surface area contributed by atoms with Crippen molar-refractivity contribution in [3.8, 4) is 0 Å². The largest absolute Gasteiger partial charge is 0.468 e. The summed E-state index contributed by atoms with van der Waals surface area (Å²) in [5.74, 6) is -0.498. The molecule has 1 unspecified atom stereocenters. The topological polar surface area (TPSA) is 97.1 Å². The highest BCUT2D eigenvalue weighted by Crippen LogP contribution is 2.36. The van der Waals surface area contributed by atoms with Crippen LogP contribution in [0.5, 0.6) is 0 Å². The fourth-order valence-electron chi connectivity index (χ4n) is 3.51.